The minimum atomic E-state index is -3.08. The van der Waals surface area contributed by atoms with Crippen molar-refractivity contribution in [2.75, 3.05) is 25.0 Å². The van der Waals surface area contributed by atoms with E-state index in [1.165, 1.54) is 21.5 Å². The third-order valence-electron chi connectivity index (χ3n) is 8.73. The quantitative estimate of drug-likeness (QED) is 0.208. The number of rotatable bonds is 10. The lowest BCUT2D eigenvalue weighted by atomic mass is 10.0. The Labute approximate surface area is 285 Å². The van der Waals surface area contributed by atoms with Gasteiger partial charge >= 0.3 is 6.61 Å². The van der Waals surface area contributed by atoms with Crippen molar-refractivity contribution in [1.29, 1.82) is 0 Å². The molecule has 2 aliphatic rings. The number of fused-ring (bicyclic) bond motifs is 2. The minimum Gasteiger partial charge on any atom is -0.434 e. The molecule has 4 aromatic heterocycles. The van der Waals surface area contributed by atoms with Gasteiger partial charge in [0, 0.05) is 78.9 Å². The Morgan fingerprint density at radius 2 is 1.92 bits per heavy atom. The Bertz CT molecular complexity index is 1970. The van der Waals surface area contributed by atoms with E-state index in [0.717, 1.165) is 43.2 Å². The molecular weight excluding hydrogens is 654 g/mol. The number of carbonyl (C=O) groups is 2. The van der Waals surface area contributed by atoms with Crippen molar-refractivity contribution in [1.82, 2.24) is 43.7 Å². The molecule has 256 valence electrons. The molecule has 13 nitrogen and oxygen atoms in total. The molecule has 0 unspecified atom stereocenters. The number of ether oxygens (including phenoxy) is 1. The summed E-state index contributed by atoms with van der Waals surface area (Å²) in [6.07, 6.45) is 11.7. The van der Waals surface area contributed by atoms with Crippen LogP contribution >= 0.6 is 11.8 Å². The van der Waals surface area contributed by atoms with Crippen LogP contribution in [0.2, 0.25) is 0 Å². The molecule has 0 saturated carbocycles. The highest BCUT2D eigenvalue weighted by atomic mass is 32.2. The van der Waals surface area contributed by atoms with Crippen molar-refractivity contribution in [3.63, 3.8) is 0 Å². The molecule has 6 heterocycles. The SMILES string of the molecule is CC(C)Sc1ccc(OC(F)F)c(-c2nn(CC(=O)N3CCC(N4CCn5ccnc5C4)CC3)cc2NC(=O)c2cnn3cccnc23)c1. The van der Waals surface area contributed by atoms with Gasteiger partial charge in [0.15, 0.2) is 5.65 Å². The number of halogens is 2. The zero-order chi connectivity index (χ0) is 34.1. The second kappa shape index (κ2) is 14.0. The molecular formula is C33H36F2N10O3S. The maximum atomic E-state index is 13.6. The van der Waals surface area contributed by atoms with Crippen LogP contribution in [0.5, 0.6) is 5.75 Å². The van der Waals surface area contributed by atoms with Crippen LogP contribution in [0.1, 0.15) is 42.9 Å². The van der Waals surface area contributed by atoms with Gasteiger partial charge in [0.25, 0.3) is 5.91 Å². The molecule has 0 atom stereocenters. The first kappa shape index (κ1) is 32.7. The molecule has 0 aliphatic carbocycles. The van der Waals surface area contributed by atoms with Gasteiger partial charge in [0.05, 0.1) is 18.4 Å². The molecule has 0 radical (unpaired) electrons. The lowest BCUT2D eigenvalue weighted by molar-refractivity contribution is -0.133. The highest BCUT2D eigenvalue weighted by Gasteiger charge is 2.30. The molecule has 49 heavy (non-hydrogen) atoms. The summed E-state index contributed by atoms with van der Waals surface area (Å²) in [6.45, 7) is 4.74. The highest BCUT2D eigenvalue weighted by molar-refractivity contribution is 7.99. The summed E-state index contributed by atoms with van der Waals surface area (Å²) in [5, 5.41) is 11.9. The van der Waals surface area contributed by atoms with E-state index in [0.29, 0.717) is 24.8 Å². The average Bonchev–Trinajstić information content (AvgIpc) is 3.83. The molecule has 1 N–H and O–H groups in total. The maximum Gasteiger partial charge on any atom is 0.387 e. The number of carbonyl (C=O) groups excluding carboxylic acids is 2. The number of aromatic nitrogens is 7. The first-order valence-corrected chi connectivity index (χ1v) is 17.0. The van der Waals surface area contributed by atoms with Crippen LogP contribution in [-0.4, -0.2) is 93.1 Å². The predicted octanol–water partition coefficient (Wildman–Crippen LogP) is 4.65. The van der Waals surface area contributed by atoms with E-state index in [2.05, 4.69) is 34.9 Å². The van der Waals surface area contributed by atoms with Crippen LogP contribution in [0.25, 0.3) is 16.9 Å². The number of anilines is 1. The normalized spacial score (nSPS) is 15.7. The molecule has 2 aliphatic heterocycles. The largest absolute Gasteiger partial charge is 0.434 e. The zero-order valence-electron chi connectivity index (χ0n) is 27.1. The Morgan fingerprint density at radius 1 is 1.08 bits per heavy atom. The summed E-state index contributed by atoms with van der Waals surface area (Å²) in [6, 6.07) is 6.94. The monoisotopic (exact) mass is 690 g/mol. The van der Waals surface area contributed by atoms with Crippen LogP contribution in [0, 0.1) is 0 Å². The third-order valence-corrected chi connectivity index (χ3v) is 9.73. The van der Waals surface area contributed by atoms with E-state index in [1.807, 2.05) is 31.1 Å². The van der Waals surface area contributed by atoms with Crippen LogP contribution in [0.3, 0.4) is 0 Å². The van der Waals surface area contributed by atoms with Crippen molar-refractivity contribution >= 4 is 34.9 Å². The van der Waals surface area contributed by atoms with Gasteiger partial charge in [-0.1, -0.05) is 13.8 Å². The standard InChI is InChI=1S/C33H36F2N10O3S/c1-21(2)49-23-4-5-27(48-33(34)35)24(16-23)30-26(39-32(47)25-17-38-45-10-3-8-37-31(25)45)18-44(40-30)20-29(46)42-11-6-22(7-12-42)43-15-14-41-13-9-36-28(41)19-43/h3-5,8-10,13,16-18,21-22,33H,6-7,11-12,14-15,19-20H2,1-2H3,(H,39,47). The first-order valence-electron chi connectivity index (χ1n) is 16.2. The molecule has 0 bridgehead atoms. The van der Waals surface area contributed by atoms with Gasteiger partial charge in [0.2, 0.25) is 5.91 Å². The van der Waals surface area contributed by atoms with Crippen molar-refractivity contribution < 1.29 is 23.1 Å². The van der Waals surface area contributed by atoms with Crippen LogP contribution < -0.4 is 10.1 Å². The van der Waals surface area contributed by atoms with E-state index in [4.69, 9.17) is 4.74 Å². The number of likely N-dealkylation sites (tertiary alicyclic amines) is 1. The Balaban J connectivity index is 1.13. The molecule has 5 aromatic rings. The number of piperidine rings is 1. The summed E-state index contributed by atoms with van der Waals surface area (Å²) in [4.78, 5) is 41.0. The number of nitrogens with one attached hydrogen (secondary N) is 1. The van der Waals surface area contributed by atoms with Gasteiger partial charge in [-0.15, -0.1) is 11.8 Å². The number of imidazole rings is 1. The molecule has 1 aromatic carbocycles. The molecule has 1 fully saturated rings. The van der Waals surface area contributed by atoms with Gasteiger partial charge in [-0.3, -0.25) is 19.2 Å². The average molecular weight is 691 g/mol. The Morgan fingerprint density at radius 3 is 2.71 bits per heavy atom. The number of thioether (sulfide) groups is 1. The fourth-order valence-corrected chi connectivity index (χ4v) is 7.31. The number of nitrogens with zero attached hydrogens (tertiary/aromatic N) is 9. The second-order valence-corrected chi connectivity index (χ2v) is 14.0. The van der Waals surface area contributed by atoms with E-state index in [1.54, 1.807) is 48.6 Å². The summed E-state index contributed by atoms with van der Waals surface area (Å²) in [5.41, 5.74) is 1.23. The highest BCUT2D eigenvalue weighted by Crippen LogP contribution is 2.39. The van der Waals surface area contributed by atoms with Crippen LogP contribution in [0.4, 0.5) is 14.5 Å². The van der Waals surface area contributed by atoms with Crippen molar-refractivity contribution in [3.05, 3.63) is 72.8 Å². The Hall–Kier alpha value is -4.83. The van der Waals surface area contributed by atoms with E-state index in [9.17, 15) is 18.4 Å². The van der Waals surface area contributed by atoms with Gasteiger partial charge in [0.1, 0.15) is 29.4 Å². The summed E-state index contributed by atoms with van der Waals surface area (Å²) < 4.78 is 37.1. The van der Waals surface area contributed by atoms with E-state index in [-0.39, 0.29) is 46.0 Å². The lowest BCUT2D eigenvalue weighted by Crippen LogP contribution is -2.49. The van der Waals surface area contributed by atoms with Crippen molar-refractivity contribution in [2.45, 2.75) is 69.1 Å². The molecule has 2 amide bonds. The van der Waals surface area contributed by atoms with Crippen molar-refractivity contribution in [3.8, 4) is 17.0 Å². The number of hydrogen-bond donors (Lipinski definition) is 1. The van der Waals surface area contributed by atoms with Gasteiger partial charge in [-0.2, -0.15) is 19.0 Å². The second-order valence-electron chi connectivity index (χ2n) is 12.3. The summed E-state index contributed by atoms with van der Waals surface area (Å²) in [7, 11) is 0. The third kappa shape index (κ3) is 7.15. The molecule has 1 saturated heterocycles. The van der Waals surface area contributed by atoms with Crippen LogP contribution in [-0.2, 0) is 24.4 Å². The number of hydrogen-bond acceptors (Lipinski definition) is 9. The maximum absolute atomic E-state index is 13.6. The predicted molar refractivity (Wildman–Crippen MR) is 178 cm³/mol. The fraction of sp³-hybridized carbons (Fsp3) is 0.394. The van der Waals surface area contributed by atoms with E-state index >= 15 is 0 Å². The smallest absolute Gasteiger partial charge is 0.387 e. The topological polar surface area (TPSA) is 128 Å². The van der Waals surface area contributed by atoms with Crippen LogP contribution in [0.15, 0.2) is 66.3 Å². The number of amides is 2. The number of benzene rings is 1. The van der Waals surface area contributed by atoms with Gasteiger partial charge in [-0.25, -0.2) is 14.5 Å². The van der Waals surface area contributed by atoms with Gasteiger partial charge < -0.3 is 19.5 Å². The van der Waals surface area contributed by atoms with Crippen molar-refractivity contribution in [2.24, 2.45) is 0 Å². The minimum absolute atomic E-state index is 0.0988. The molecule has 16 heteroatoms. The number of alkyl halides is 2. The van der Waals surface area contributed by atoms with Gasteiger partial charge in [-0.05, 0) is 37.1 Å². The summed E-state index contributed by atoms with van der Waals surface area (Å²) in [5.74, 6) is 0.317. The lowest BCUT2D eigenvalue weighted by Gasteiger charge is -2.40. The summed E-state index contributed by atoms with van der Waals surface area (Å²) >= 11 is 1.54. The Kier molecular flexibility index (Phi) is 9.31. The molecule has 0 spiro atoms. The molecule has 7 rings (SSSR count). The zero-order valence-corrected chi connectivity index (χ0v) is 27.9. The fourth-order valence-electron chi connectivity index (χ4n) is 6.43. The van der Waals surface area contributed by atoms with E-state index < -0.39 is 12.5 Å². The first-order chi connectivity index (χ1) is 23.7.